The molecule has 0 saturated carbocycles. The van der Waals surface area contributed by atoms with Gasteiger partial charge in [0.25, 0.3) is 5.56 Å². The molecule has 0 aromatic carbocycles. The first-order chi connectivity index (χ1) is 8.80. The predicted molar refractivity (Wildman–Crippen MR) is 63.7 cm³/mol. The number of nitrogens with zero attached hydrogens (tertiary/aromatic N) is 1. The van der Waals surface area contributed by atoms with Crippen LogP contribution in [0, 0.1) is 6.92 Å². The van der Waals surface area contributed by atoms with Crippen molar-refractivity contribution in [2.45, 2.75) is 37.9 Å². The van der Waals surface area contributed by atoms with Gasteiger partial charge in [0, 0.05) is 11.8 Å². The van der Waals surface area contributed by atoms with Crippen LogP contribution in [0.4, 0.5) is 0 Å². The van der Waals surface area contributed by atoms with Crippen LogP contribution in [0.3, 0.4) is 0 Å². The summed E-state index contributed by atoms with van der Waals surface area (Å²) in [7, 11) is 0. The molecule has 4 N–H and O–H groups in total. The minimum absolute atomic E-state index is 0.266. The van der Waals surface area contributed by atoms with Crippen LogP contribution < -0.4 is 11.2 Å². The van der Waals surface area contributed by atoms with Gasteiger partial charge in [-0.2, -0.15) is 0 Å². The number of hydrogen-bond donors (Lipinski definition) is 4. The van der Waals surface area contributed by atoms with Gasteiger partial charge in [-0.3, -0.25) is 14.3 Å². The van der Waals surface area contributed by atoms with E-state index in [-0.39, 0.29) is 5.56 Å². The van der Waals surface area contributed by atoms with Gasteiger partial charge < -0.3 is 20.1 Å². The highest BCUT2D eigenvalue weighted by Gasteiger charge is 2.51. The van der Waals surface area contributed by atoms with Gasteiger partial charge in [-0.05, 0) is 13.8 Å². The highest BCUT2D eigenvalue weighted by atomic mass is 16.6. The molecule has 0 amide bonds. The summed E-state index contributed by atoms with van der Waals surface area (Å²) in [4.78, 5) is 25.1. The lowest BCUT2D eigenvalue weighted by Gasteiger charge is -2.24. The van der Waals surface area contributed by atoms with Crippen molar-refractivity contribution in [3.63, 3.8) is 0 Å². The van der Waals surface area contributed by atoms with Gasteiger partial charge in [0.05, 0.1) is 6.61 Å². The molecule has 1 aromatic rings. The maximum atomic E-state index is 11.7. The van der Waals surface area contributed by atoms with E-state index in [4.69, 9.17) is 4.74 Å². The number of aliphatic hydroxyl groups is 3. The highest BCUT2D eigenvalue weighted by molar-refractivity contribution is 5.04. The molecule has 19 heavy (non-hydrogen) atoms. The molecule has 1 aliphatic heterocycles. The summed E-state index contributed by atoms with van der Waals surface area (Å²) in [5.41, 5.74) is -2.39. The summed E-state index contributed by atoms with van der Waals surface area (Å²) in [6.07, 6.45) is -2.66. The van der Waals surface area contributed by atoms with Crippen LogP contribution in [-0.2, 0) is 4.74 Å². The zero-order valence-corrected chi connectivity index (χ0v) is 10.5. The van der Waals surface area contributed by atoms with Crippen LogP contribution in [0.1, 0.15) is 18.7 Å². The molecule has 0 aliphatic carbocycles. The quantitative estimate of drug-likeness (QED) is 0.486. The molecule has 1 aromatic heterocycles. The standard InChI is InChI=1S/C11H16N2O6/c1-5-3-13(10(18)12-8(5)17)9-6(15)7(16)11(2,4-14)19-9/h3,6-7,9,14-16H,4H2,1-2H3,(H,12,17,18)/t6-,7+,9-,11?/m0/s1. The van der Waals surface area contributed by atoms with E-state index in [1.54, 1.807) is 0 Å². The highest BCUT2D eigenvalue weighted by Crippen LogP contribution is 2.35. The molecule has 106 valence electrons. The molecule has 8 nitrogen and oxygen atoms in total. The first-order valence-corrected chi connectivity index (χ1v) is 5.77. The Morgan fingerprint density at radius 3 is 2.63 bits per heavy atom. The number of aliphatic hydroxyl groups excluding tert-OH is 3. The number of H-pyrrole nitrogens is 1. The van der Waals surface area contributed by atoms with Gasteiger partial charge in [0.15, 0.2) is 6.23 Å². The van der Waals surface area contributed by atoms with E-state index in [0.29, 0.717) is 0 Å². The van der Waals surface area contributed by atoms with Gasteiger partial charge in [-0.1, -0.05) is 0 Å². The lowest BCUT2D eigenvalue weighted by Crippen LogP contribution is -2.43. The summed E-state index contributed by atoms with van der Waals surface area (Å²) >= 11 is 0. The van der Waals surface area contributed by atoms with Crippen molar-refractivity contribution in [2.24, 2.45) is 0 Å². The summed E-state index contributed by atoms with van der Waals surface area (Å²) in [5, 5.41) is 29.0. The second-order valence-corrected chi connectivity index (χ2v) is 4.89. The smallest absolute Gasteiger partial charge is 0.330 e. The zero-order valence-electron chi connectivity index (χ0n) is 10.5. The van der Waals surface area contributed by atoms with E-state index in [1.165, 1.54) is 20.0 Å². The number of nitrogens with one attached hydrogen (secondary N) is 1. The molecule has 1 saturated heterocycles. The van der Waals surface area contributed by atoms with Gasteiger partial charge in [0.2, 0.25) is 0 Å². The molecule has 2 rings (SSSR count). The molecule has 0 radical (unpaired) electrons. The topological polar surface area (TPSA) is 125 Å². The molecule has 2 heterocycles. The Morgan fingerprint density at radius 2 is 2.11 bits per heavy atom. The Morgan fingerprint density at radius 1 is 1.47 bits per heavy atom. The van der Waals surface area contributed by atoms with Crippen LogP contribution in [0.25, 0.3) is 0 Å². The Bertz CT molecular complexity index is 594. The fourth-order valence-corrected chi connectivity index (χ4v) is 2.06. The molecule has 4 atom stereocenters. The van der Waals surface area contributed by atoms with Crippen LogP contribution in [-0.4, -0.2) is 49.3 Å². The normalized spacial score (nSPS) is 34.7. The van der Waals surface area contributed by atoms with Crippen molar-refractivity contribution < 1.29 is 20.1 Å². The van der Waals surface area contributed by atoms with Gasteiger partial charge in [-0.25, -0.2) is 4.79 Å². The predicted octanol–water partition coefficient (Wildman–Crippen LogP) is -2.15. The molecule has 1 unspecified atom stereocenters. The molecule has 1 aliphatic rings. The Hall–Kier alpha value is -1.48. The summed E-state index contributed by atoms with van der Waals surface area (Å²) < 4.78 is 6.37. The first kappa shape index (κ1) is 13.9. The minimum Gasteiger partial charge on any atom is -0.393 e. The van der Waals surface area contributed by atoms with Crippen molar-refractivity contribution in [3.8, 4) is 0 Å². The molecular formula is C11H16N2O6. The monoisotopic (exact) mass is 272 g/mol. The minimum atomic E-state index is -1.39. The molecule has 1 fully saturated rings. The van der Waals surface area contributed by atoms with Crippen LogP contribution in [0.2, 0.25) is 0 Å². The second-order valence-electron chi connectivity index (χ2n) is 4.89. The number of rotatable bonds is 2. The summed E-state index contributed by atoms with van der Waals surface area (Å²) in [5.74, 6) is 0. The summed E-state index contributed by atoms with van der Waals surface area (Å²) in [6, 6.07) is 0. The number of aryl methyl sites for hydroxylation is 1. The number of aromatic nitrogens is 2. The number of hydrogen-bond acceptors (Lipinski definition) is 6. The first-order valence-electron chi connectivity index (χ1n) is 5.77. The van der Waals surface area contributed by atoms with Gasteiger partial charge in [0.1, 0.15) is 17.8 Å². The van der Waals surface area contributed by atoms with E-state index < -0.39 is 41.9 Å². The SMILES string of the molecule is Cc1cn([C@H]2OC(C)(CO)[C@H](O)[C@@H]2O)c(=O)[nH]c1=O. The summed E-state index contributed by atoms with van der Waals surface area (Å²) in [6.45, 7) is 2.40. The van der Waals surface area contributed by atoms with E-state index >= 15 is 0 Å². The lowest BCUT2D eigenvalue weighted by molar-refractivity contribution is -0.118. The fourth-order valence-electron chi connectivity index (χ4n) is 2.06. The van der Waals surface area contributed by atoms with Crippen molar-refractivity contribution >= 4 is 0 Å². The number of aromatic amines is 1. The van der Waals surface area contributed by atoms with E-state index in [9.17, 15) is 24.9 Å². The molecule has 0 spiro atoms. The second kappa shape index (κ2) is 4.57. The van der Waals surface area contributed by atoms with Crippen molar-refractivity contribution in [1.29, 1.82) is 0 Å². The third kappa shape index (κ3) is 2.12. The number of ether oxygens (including phenoxy) is 1. The Kier molecular flexibility index (Phi) is 3.35. The van der Waals surface area contributed by atoms with Crippen molar-refractivity contribution in [3.05, 3.63) is 32.6 Å². The van der Waals surface area contributed by atoms with Crippen LogP contribution in [0.5, 0.6) is 0 Å². The molecule has 0 bridgehead atoms. The van der Waals surface area contributed by atoms with E-state index in [2.05, 4.69) is 4.98 Å². The average Bonchev–Trinajstić information content (AvgIpc) is 2.59. The zero-order chi connectivity index (χ0) is 14.4. The molecule has 8 heteroatoms. The van der Waals surface area contributed by atoms with Crippen LogP contribution in [0.15, 0.2) is 15.8 Å². The average molecular weight is 272 g/mol. The van der Waals surface area contributed by atoms with Crippen molar-refractivity contribution in [2.75, 3.05) is 6.61 Å². The lowest BCUT2D eigenvalue weighted by atomic mass is 9.99. The maximum absolute atomic E-state index is 11.7. The van der Waals surface area contributed by atoms with Crippen molar-refractivity contribution in [1.82, 2.24) is 9.55 Å². The third-order valence-electron chi connectivity index (χ3n) is 3.37. The van der Waals surface area contributed by atoms with Crippen LogP contribution >= 0.6 is 0 Å². The molecular weight excluding hydrogens is 256 g/mol. The van der Waals surface area contributed by atoms with E-state index in [0.717, 1.165) is 4.57 Å². The Balaban J connectivity index is 2.47. The maximum Gasteiger partial charge on any atom is 0.330 e. The largest absolute Gasteiger partial charge is 0.393 e. The Labute approximate surface area is 107 Å². The fraction of sp³-hybridized carbons (Fsp3) is 0.636. The third-order valence-corrected chi connectivity index (χ3v) is 3.37. The van der Waals surface area contributed by atoms with Gasteiger partial charge >= 0.3 is 5.69 Å². The van der Waals surface area contributed by atoms with Gasteiger partial charge in [-0.15, -0.1) is 0 Å². The van der Waals surface area contributed by atoms with E-state index in [1.807, 2.05) is 0 Å².